The number of aromatic nitrogens is 3. The molecule has 1 aromatic carbocycles. The summed E-state index contributed by atoms with van der Waals surface area (Å²) in [6.07, 6.45) is 2.37. The number of benzene rings is 1. The normalized spacial score (nSPS) is 16.0. The first-order valence-electron chi connectivity index (χ1n) is 11.0. The Bertz CT molecular complexity index is 1370. The van der Waals surface area contributed by atoms with Crippen LogP contribution in [-0.2, 0) is 11.3 Å². The highest BCUT2D eigenvalue weighted by Gasteiger charge is 2.22. The van der Waals surface area contributed by atoms with Crippen LogP contribution in [0.4, 0.5) is 0 Å². The Morgan fingerprint density at radius 2 is 2.06 bits per heavy atom. The zero-order chi connectivity index (χ0) is 22.9. The van der Waals surface area contributed by atoms with Gasteiger partial charge in [-0.15, -0.1) is 11.3 Å². The molecule has 4 heterocycles. The third-order valence-electron chi connectivity index (χ3n) is 6.10. The van der Waals surface area contributed by atoms with Gasteiger partial charge in [0.05, 0.1) is 22.9 Å². The molecule has 0 bridgehead atoms. The number of Topliss-reactive ketones (excluding diaryl/α,β-unsaturated/α-hetero) is 1. The van der Waals surface area contributed by atoms with E-state index in [-0.39, 0.29) is 23.2 Å². The number of ether oxygens (including phenoxy) is 1. The Hall–Kier alpha value is -2.68. The zero-order valence-corrected chi connectivity index (χ0v) is 20.2. The summed E-state index contributed by atoms with van der Waals surface area (Å²) < 4.78 is 9.58. The van der Waals surface area contributed by atoms with Crippen LogP contribution in [0.5, 0.6) is 0 Å². The highest BCUT2D eigenvalue weighted by atomic mass is 32.2. The fourth-order valence-corrected chi connectivity index (χ4v) is 6.06. The number of thiophene rings is 1. The van der Waals surface area contributed by atoms with Gasteiger partial charge in [-0.2, -0.15) is 0 Å². The van der Waals surface area contributed by atoms with Crippen LogP contribution in [0.1, 0.15) is 34.6 Å². The molecule has 0 saturated carbocycles. The summed E-state index contributed by atoms with van der Waals surface area (Å²) in [5.41, 5.74) is 3.39. The van der Waals surface area contributed by atoms with Crippen molar-refractivity contribution in [2.75, 3.05) is 12.4 Å². The average molecular weight is 480 g/mol. The summed E-state index contributed by atoms with van der Waals surface area (Å²) in [6.45, 7) is 5.63. The molecule has 0 N–H and O–H groups in total. The first-order chi connectivity index (χ1) is 16.0. The van der Waals surface area contributed by atoms with Gasteiger partial charge in [-0.3, -0.25) is 14.2 Å². The first-order valence-corrected chi connectivity index (χ1v) is 12.9. The number of nitrogens with zero attached hydrogens (tertiary/aromatic N) is 3. The summed E-state index contributed by atoms with van der Waals surface area (Å²) in [6, 6.07) is 13.2. The van der Waals surface area contributed by atoms with Gasteiger partial charge in [0.2, 0.25) is 0 Å². The van der Waals surface area contributed by atoms with Gasteiger partial charge in [-0.1, -0.05) is 30.0 Å². The lowest BCUT2D eigenvalue weighted by molar-refractivity contribution is 0.0957. The number of aryl methyl sites for hydroxylation is 1. The standard InChI is InChI=1S/C25H25N3O3S2/c1-16-13-21(17(2)27(16)14-19-9-6-11-31-19)22(29)15-33-25-26-23-20(10-12-32-23)24(30)28(25)18-7-4-3-5-8-18/h3-5,7-8,10,12-13,19H,6,9,11,14-15H2,1-2H3. The van der Waals surface area contributed by atoms with Crippen molar-refractivity contribution in [3.63, 3.8) is 0 Å². The number of para-hydroxylation sites is 1. The minimum atomic E-state index is -0.114. The van der Waals surface area contributed by atoms with Crippen LogP contribution in [0, 0.1) is 13.8 Å². The van der Waals surface area contributed by atoms with Crippen molar-refractivity contribution in [1.82, 2.24) is 14.1 Å². The highest BCUT2D eigenvalue weighted by Crippen LogP contribution is 2.26. The average Bonchev–Trinajstić information content (AvgIpc) is 3.56. The Labute approximate surface area is 200 Å². The molecular formula is C25H25N3O3S2. The number of ketones is 1. The smallest absolute Gasteiger partial charge is 0.267 e. The number of fused-ring (bicyclic) bond motifs is 1. The molecule has 33 heavy (non-hydrogen) atoms. The number of hydrogen-bond donors (Lipinski definition) is 0. The van der Waals surface area contributed by atoms with Crippen LogP contribution >= 0.6 is 23.1 Å². The first kappa shape index (κ1) is 22.1. The molecule has 1 atom stereocenters. The van der Waals surface area contributed by atoms with E-state index in [1.807, 2.05) is 55.6 Å². The van der Waals surface area contributed by atoms with Crippen molar-refractivity contribution < 1.29 is 9.53 Å². The molecule has 1 aliphatic rings. The van der Waals surface area contributed by atoms with Crippen molar-refractivity contribution in [3.05, 3.63) is 75.1 Å². The van der Waals surface area contributed by atoms with Gasteiger partial charge in [0.15, 0.2) is 10.9 Å². The Morgan fingerprint density at radius 1 is 1.24 bits per heavy atom. The van der Waals surface area contributed by atoms with Crippen LogP contribution in [0.2, 0.25) is 0 Å². The third kappa shape index (κ3) is 4.30. The number of carbonyl (C=O) groups is 1. The summed E-state index contributed by atoms with van der Waals surface area (Å²) in [5, 5.41) is 3.00. The molecule has 1 unspecified atom stereocenters. The quantitative estimate of drug-likeness (QED) is 0.212. The summed E-state index contributed by atoms with van der Waals surface area (Å²) >= 11 is 2.74. The molecule has 0 amide bonds. The second-order valence-electron chi connectivity index (χ2n) is 8.25. The maximum atomic E-state index is 13.2. The van der Waals surface area contributed by atoms with Crippen LogP contribution in [0.3, 0.4) is 0 Å². The van der Waals surface area contributed by atoms with Gasteiger partial charge in [0, 0.05) is 30.1 Å². The second-order valence-corrected chi connectivity index (χ2v) is 10.1. The minimum absolute atomic E-state index is 0.0341. The SMILES string of the molecule is Cc1cc(C(=O)CSc2nc3sccc3c(=O)n2-c2ccccc2)c(C)n1CC1CCCO1. The van der Waals surface area contributed by atoms with Gasteiger partial charge in [-0.05, 0) is 56.3 Å². The highest BCUT2D eigenvalue weighted by molar-refractivity contribution is 7.99. The van der Waals surface area contributed by atoms with Crippen LogP contribution < -0.4 is 5.56 Å². The zero-order valence-electron chi connectivity index (χ0n) is 18.6. The van der Waals surface area contributed by atoms with E-state index in [9.17, 15) is 9.59 Å². The molecule has 0 aliphatic carbocycles. The fraction of sp³-hybridized carbons (Fsp3) is 0.320. The fourth-order valence-electron chi connectivity index (χ4n) is 4.36. The van der Waals surface area contributed by atoms with Crippen LogP contribution in [-0.4, -0.2) is 38.4 Å². The Morgan fingerprint density at radius 3 is 2.82 bits per heavy atom. The van der Waals surface area contributed by atoms with Crippen molar-refractivity contribution in [2.24, 2.45) is 0 Å². The number of thioether (sulfide) groups is 1. The maximum Gasteiger partial charge on any atom is 0.267 e. The van der Waals surface area contributed by atoms with Crippen molar-refractivity contribution in [1.29, 1.82) is 0 Å². The predicted octanol–water partition coefficient (Wildman–Crippen LogP) is 5.02. The predicted molar refractivity (Wildman–Crippen MR) is 133 cm³/mol. The molecule has 6 nitrogen and oxygen atoms in total. The summed E-state index contributed by atoms with van der Waals surface area (Å²) in [4.78, 5) is 31.8. The third-order valence-corrected chi connectivity index (χ3v) is 7.84. The molecule has 1 saturated heterocycles. The topological polar surface area (TPSA) is 66.1 Å². The number of hydrogen-bond acceptors (Lipinski definition) is 6. The van der Waals surface area contributed by atoms with E-state index >= 15 is 0 Å². The molecule has 3 aromatic heterocycles. The number of rotatable bonds is 7. The maximum absolute atomic E-state index is 13.2. The molecule has 1 fully saturated rings. The van der Waals surface area contributed by atoms with E-state index in [1.54, 1.807) is 10.6 Å². The largest absolute Gasteiger partial charge is 0.376 e. The Kier molecular flexibility index (Phi) is 6.23. The van der Waals surface area contributed by atoms with Crippen molar-refractivity contribution in [2.45, 2.75) is 44.5 Å². The summed E-state index contributed by atoms with van der Waals surface area (Å²) in [7, 11) is 0. The molecule has 1 aliphatic heterocycles. The molecule has 4 aromatic rings. The lowest BCUT2D eigenvalue weighted by Crippen LogP contribution is -2.21. The monoisotopic (exact) mass is 479 g/mol. The van der Waals surface area contributed by atoms with Gasteiger partial charge in [-0.25, -0.2) is 4.98 Å². The van der Waals surface area contributed by atoms with Gasteiger partial charge in [0.1, 0.15) is 4.83 Å². The van der Waals surface area contributed by atoms with Crippen molar-refractivity contribution in [3.8, 4) is 5.69 Å². The van der Waals surface area contributed by atoms with E-state index in [0.29, 0.717) is 15.4 Å². The van der Waals surface area contributed by atoms with E-state index < -0.39 is 0 Å². The lowest BCUT2D eigenvalue weighted by atomic mass is 10.2. The Balaban J connectivity index is 1.42. The van der Waals surface area contributed by atoms with E-state index in [0.717, 1.165) is 48.6 Å². The molecule has 0 radical (unpaired) electrons. The molecular weight excluding hydrogens is 454 g/mol. The van der Waals surface area contributed by atoms with Crippen molar-refractivity contribution >= 4 is 39.1 Å². The van der Waals surface area contributed by atoms with Gasteiger partial charge >= 0.3 is 0 Å². The second kappa shape index (κ2) is 9.29. The van der Waals surface area contributed by atoms with Crippen LogP contribution in [0.25, 0.3) is 15.9 Å². The molecule has 5 rings (SSSR count). The minimum Gasteiger partial charge on any atom is -0.376 e. The van der Waals surface area contributed by atoms with Crippen LogP contribution in [0.15, 0.2) is 57.8 Å². The number of carbonyl (C=O) groups excluding carboxylic acids is 1. The van der Waals surface area contributed by atoms with Gasteiger partial charge < -0.3 is 9.30 Å². The van der Waals surface area contributed by atoms with E-state index in [1.165, 1.54) is 23.1 Å². The van der Waals surface area contributed by atoms with E-state index in [2.05, 4.69) is 4.57 Å². The van der Waals surface area contributed by atoms with E-state index in [4.69, 9.17) is 9.72 Å². The summed E-state index contributed by atoms with van der Waals surface area (Å²) in [5.74, 6) is 0.243. The molecule has 0 spiro atoms. The molecule has 170 valence electrons. The van der Waals surface area contributed by atoms with Gasteiger partial charge in [0.25, 0.3) is 5.56 Å². The lowest BCUT2D eigenvalue weighted by Gasteiger charge is -2.15. The molecule has 8 heteroatoms.